The fourth-order valence-corrected chi connectivity index (χ4v) is 7.39. The van der Waals surface area contributed by atoms with Crippen LogP contribution in [0.15, 0.2) is 0 Å². The van der Waals surface area contributed by atoms with Crippen LogP contribution in [0.3, 0.4) is 0 Å². The molecule has 0 aromatic rings. The molecule has 1 N–H and O–H groups in total. The highest BCUT2D eigenvalue weighted by molar-refractivity contribution is 9.78. The van der Waals surface area contributed by atoms with E-state index in [-0.39, 0.29) is 33.3 Å². The van der Waals surface area contributed by atoms with E-state index in [9.17, 15) is 18.9 Å². The fraction of sp³-hybridized carbons (Fsp3) is 0.944. The first-order valence-electron chi connectivity index (χ1n) is 16.5. The van der Waals surface area contributed by atoms with Crippen LogP contribution in [0.25, 0.3) is 0 Å². The maximum atomic E-state index is 11.9. The maximum Gasteiger partial charge on any atom is 0.306 e. The number of rotatable bonds is 14. The van der Waals surface area contributed by atoms with Crippen molar-refractivity contribution in [1.29, 1.82) is 0 Å². The third-order valence-electron chi connectivity index (χ3n) is 7.71. The summed E-state index contributed by atoms with van der Waals surface area (Å²) in [5.74, 6) is 1.32. The minimum Gasteiger partial charge on any atom is -0.481 e. The van der Waals surface area contributed by atoms with Gasteiger partial charge in [0.25, 0.3) is 0 Å². The lowest BCUT2D eigenvalue weighted by molar-refractivity contribution is -0.144. The molecule has 0 aliphatic heterocycles. The quantitative estimate of drug-likeness (QED) is 0.177. The molecule has 0 aromatic heterocycles. The first kappa shape index (κ1) is 49.1. The van der Waals surface area contributed by atoms with Crippen LogP contribution in [0, 0.1) is 57.2 Å². The van der Waals surface area contributed by atoms with Gasteiger partial charge in [0.15, 0.2) is 7.67 Å². The molecule has 6 unspecified atom stereocenters. The summed E-state index contributed by atoms with van der Waals surface area (Å²) < 4.78 is 9.58. The Hall–Kier alpha value is 0.730. The van der Waals surface area contributed by atoms with Gasteiger partial charge >= 0.3 is 5.97 Å². The van der Waals surface area contributed by atoms with Crippen LogP contribution < -0.4 is 0 Å². The van der Waals surface area contributed by atoms with E-state index in [4.69, 9.17) is 0 Å². The second-order valence-corrected chi connectivity index (χ2v) is 25.7. The van der Waals surface area contributed by atoms with Gasteiger partial charge in [-0.05, 0) is 113 Å². The topological polar surface area (TPSA) is 71.4 Å². The SMILES string of the molecule is CC(CCC(C(=O)Br)C(C)CC(C)(C)C)CC(C)(C)C.CC(CCC(C(=O)O)C(C)CC(C)(C)C)CC(C)(C)C.O=S(Br)Br. The van der Waals surface area contributed by atoms with Gasteiger partial charge in [-0.25, -0.2) is 4.21 Å². The lowest BCUT2D eigenvalue weighted by atomic mass is 9.76. The van der Waals surface area contributed by atoms with Gasteiger partial charge in [0, 0.05) is 35.5 Å². The molecule has 6 atom stereocenters. The lowest BCUT2D eigenvalue weighted by Crippen LogP contribution is -2.26. The molecule has 4 nitrogen and oxygen atoms in total. The van der Waals surface area contributed by atoms with Crippen molar-refractivity contribution >= 4 is 63.9 Å². The van der Waals surface area contributed by atoms with Crippen molar-refractivity contribution in [3.8, 4) is 0 Å². The van der Waals surface area contributed by atoms with E-state index in [0.29, 0.717) is 28.6 Å². The summed E-state index contributed by atoms with van der Waals surface area (Å²) in [6.07, 6.45) is 8.44. The van der Waals surface area contributed by atoms with Gasteiger partial charge < -0.3 is 5.11 Å². The molecular formula is C36H71Br3O4S. The van der Waals surface area contributed by atoms with Crippen LogP contribution in [-0.4, -0.2) is 20.0 Å². The first-order chi connectivity index (χ1) is 19.4. The molecule has 0 radical (unpaired) electrons. The van der Waals surface area contributed by atoms with E-state index < -0.39 is 13.6 Å². The minimum atomic E-state index is -0.986. The monoisotopic (exact) mass is 836 g/mol. The van der Waals surface area contributed by atoms with Gasteiger partial charge in [0.1, 0.15) is 0 Å². The van der Waals surface area contributed by atoms with E-state index in [1.165, 1.54) is 6.42 Å². The highest BCUT2D eigenvalue weighted by Gasteiger charge is 2.29. The summed E-state index contributed by atoms with van der Waals surface area (Å²) in [7, 11) is -0.986. The number of aliphatic carboxylic acids is 1. The predicted octanol–water partition coefficient (Wildman–Crippen LogP) is 13.4. The van der Waals surface area contributed by atoms with Gasteiger partial charge in [-0.2, -0.15) is 0 Å². The fourth-order valence-electron chi connectivity index (χ4n) is 6.71. The van der Waals surface area contributed by atoms with Crippen molar-refractivity contribution in [2.75, 3.05) is 0 Å². The second kappa shape index (κ2) is 22.4. The first-order valence-corrected chi connectivity index (χ1v) is 22.2. The van der Waals surface area contributed by atoms with Crippen molar-refractivity contribution in [2.24, 2.45) is 57.2 Å². The molecule has 0 fully saturated rings. The average molecular weight is 840 g/mol. The number of carbonyl (C=O) groups is 2. The zero-order chi connectivity index (χ0) is 35.9. The third-order valence-corrected chi connectivity index (χ3v) is 8.30. The smallest absolute Gasteiger partial charge is 0.306 e. The van der Waals surface area contributed by atoms with Crippen LogP contribution in [0.5, 0.6) is 0 Å². The molecule has 0 heterocycles. The molecule has 0 saturated carbocycles. The van der Waals surface area contributed by atoms with E-state index in [2.05, 4.69) is 156 Å². The standard InChI is InChI=1S/C18H35BrO.C18H36O2.Br2OS/c2*1-13(11-17(3,4)5)9-10-15(16(19)20)14(2)12-18(6,7)8;1-4(2)3/h13-15H,9-12H2,1-8H3;13-15H,9-12H2,1-8H3,(H,19,20);. The number of hydrogen-bond donors (Lipinski definition) is 1. The Morgan fingerprint density at radius 2 is 0.818 bits per heavy atom. The summed E-state index contributed by atoms with van der Waals surface area (Å²) in [5, 5.41) is 9.49. The zero-order valence-corrected chi connectivity index (χ0v) is 36.9. The van der Waals surface area contributed by atoms with Gasteiger partial charge in [-0.3, -0.25) is 9.59 Å². The normalized spacial score (nSPS) is 16.8. The number of carboxylic acids is 1. The Labute approximate surface area is 300 Å². The summed E-state index contributed by atoms with van der Waals surface area (Å²) >= 11 is 8.54. The molecule has 0 aliphatic rings. The lowest BCUT2D eigenvalue weighted by Gasteiger charge is -2.29. The number of hydrogen-bond acceptors (Lipinski definition) is 3. The van der Waals surface area contributed by atoms with Crippen LogP contribution in [0.1, 0.15) is 162 Å². The summed E-state index contributed by atoms with van der Waals surface area (Å²) in [4.78, 5) is 23.4. The Morgan fingerprint density at radius 1 is 0.568 bits per heavy atom. The Bertz CT molecular complexity index is 753. The summed E-state index contributed by atoms with van der Waals surface area (Å²) in [6.45, 7) is 35.8. The van der Waals surface area contributed by atoms with Crippen LogP contribution in [0.4, 0.5) is 0 Å². The molecule has 0 aromatic carbocycles. The van der Waals surface area contributed by atoms with Crippen molar-refractivity contribution in [1.82, 2.24) is 0 Å². The predicted molar refractivity (Wildman–Crippen MR) is 206 cm³/mol. The van der Waals surface area contributed by atoms with E-state index in [0.717, 1.165) is 44.9 Å². The van der Waals surface area contributed by atoms with Gasteiger partial charge in [-0.15, -0.1) is 0 Å². The minimum absolute atomic E-state index is 0.164. The molecule has 0 saturated heterocycles. The summed E-state index contributed by atoms with van der Waals surface area (Å²) in [5.41, 5.74) is 1.20. The molecule has 0 aliphatic carbocycles. The molecule has 0 amide bonds. The van der Waals surface area contributed by atoms with Crippen molar-refractivity contribution in [2.45, 2.75) is 162 Å². The van der Waals surface area contributed by atoms with E-state index in [1.54, 1.807) is 0 Å². The zero-order valence-electron chi connectivity index (χ0n) is 31.3. The molecule has 0 rings (SSSR count). The Kier molecular flexibility index (Phi) is 25.0. The van der Waals surface area contributed by atoms with Crippen LogP contribution >= 0.6 is 45.6 Å². The Morgan fingerprint density at radius 3 is 1.05 bits per heavy atom. The van der Waals surface area contributed by atoms with Gasteiger partial charge in [0.2, 0.25) is 4.69 Å². The molecule has 44 heavy (non-hydrogen) atoms. The molecule has 0 spiro atoms. The van der Waals surface area contributed by atoms with Gasteiger partial charge in [-0.1, -0.05) is 111 Å². The number of carboxylic acid groups (broad SMARTS) is 1. The van der Waals surface area contributed by atoms with Crippen molar-refractivity contribution in [3.05, 3.63) is 0 Å². The average Bonchev–Trinajstić information content (AvgIpc) is 2.68. The molecule has 0 bridgehead atoms. The highest BCUT2D eigenvalue weighted by atomic mass is 79.9. The Balaban J connectivity index is -0.000000680. The van der Waals surface area contributed by atoms with Crippen LogP contribution in [0.2, 0.25) is 0 Å². The maximum absolute atomic E-state index is 11.9. The van der Waals surface area contributed by atoms with Gasteiger partial charge in [0.05, 0.1) is 5.92 Å². The number of halogens is 3. The number of carbonyl (C=O) groups excluding carboxylic acids is 1. The van der Waals surface area contributed by atoms with E-state index >= 15 is 0 Å². The molecular weight excluding hydrogens is 768 g/mol. The van der Waals surface area contributed by atoms with Crippen molar-refractivity contribution < 1.29 is 18.9 Å². The third kappa shape index (κ3) is 34.1. The largest absolute Gasteiger partial charge is 0.481 e. The molecule has 266 valence electrons. The van der Waals surface area contributed by atoms with Crippen LogP contribution in [-0.2, 0) is 17.3 Å². The highest BCUT2D eigenvalue weighted by Crippen LogP contribution is 2.36. The molecule has 8 heteroatoms. The summed E-state index contributed by atoms with van der Waals surface area (Å²) in [6, 6.07) is 0. The van der Waals surface area contributed by atoms with Crippen molar-refractivity contribution in [3.63, 3.8) is 0 Å². The second-order valence-electron chi connectivity index (χ2n) is 18.4. The van der Waals surface area contributed by atoms with E-state index in [1.807, 2.05) is 0 Å².